The standard InChI is InChI=1S/C15H19N5O/c1-11-8-12(2)20(18-11)13-4-3-7-19(10-13)15(21)14-9-16-5-6-17-14/h5-6,8-9,13H,3-4,7,10H2,1-2H3/t13-/m1/s1. The van der Waals surface area contributed by atoms with Crippen molar-refractivity contribution in [3.63, 3.8) is 0 Å². The Morgan fingerprint density at radius 1 is 1.33 bits per heavy atom. The number of carbonyl (C=O) groups excluding carboxylic acids is 1. The number of nitrogens with zero attached hydrogens (tertiary/aromatic N) is 5. The molecule has 0 aromatic carbocycles. The Bertz CT molecular complexity index is 637. The van der Waals surface area contributed by atoms with Gasteiger partial charge in [0.1, 0.15) is 5.69 Å². The molecule has 0 aliphatic carbocycles. The molecule has 6 heteroatoms. The molecule has 2 aromatic rings. The van der Waals surface area contributed by atoms with E-state index in [4.69, 9.17) is 0 Å². The molecule has 3 heterocycles. The summed E-state index contributed by atoms with van der Waals surface area (Å²) in [5.74, 6) is -0.0469. The molecule has 2 aromatic heterocycles. The van der Waals surface area contributed by atoms with Crippen LogP contribution in [0, 0.1) is 13.8 Å². The van der Waals surface area contributed by atoms with Crippen LogP contribution in [-0.4, -0.2) is 43.6 Å². The highest BCUT2D eigenvalue weighted by atomic mass is 16.2. The third kappa shape index (κ3) is 2.79. The molecule has 0 bridgehead atoms. The Morgan fingerprint density at radius 2 is 2.19 bits per heavy atom. The average molecular weight is 285 g/mol. The van der Waals surface area contributed by atoms with Crippen LogP contribution in [0.25, 0.3) is 0 Å². The monoisotopic (exact) mass is 285 g/mol. The molecule has 1 fully saturated rings. The molecule has 0 N–H and O–H groups in total. The minimum Gasteiger partial charge on any atom is -0.335 e. The second kappa shape index (κ2) is 5.63. The molecular formula is C15H19N5O. The van der Waals surface area contributed by atoms with E-state index in [1.54, 1.807) is 12.4 Å². The number of aromatic nitrogens is 4. The summed E-state index contributed by atoms with van der Waals surface area (Å²) in [6.07, 6.45) is 6.68. The summed E-state index contributed by atoms with van der Waals surface area (Å²) in [5.41, 5.74) is 2.57. The second-order valence-corrected chi connectivity index (χ2v) is 5.51. The summed E-state index contributed by atoms with van der Waals surface area (Å²) < 4.78 is 2.05. The zero-order chi connectivity index (χ0) is 14.8. The lowest BCUT2D eigenvalue weighted by Gasteiger charge is -2.33. The normalized spacial score (nSPS) is 18.8. The van der Waals surface area contributed by atoms with Gasteiger partial charge in [-0.2, -0.15) is 5.10 Å². The number of hydrogen-bond donors (Lipinski definition) is 0. The van der Waals surface area contributed by atoms with Gasteiger partial charge in [0, 0.05) is 31.2 Å². The van der Waals surface area contributed by atoms with Crippen molar-refractivity contribution in [2.24, 2.45) is 0 Å². The fourth-order valence-electron chi connectivity index (χ4n) is 2.93. The van der Waals surface area contributed by atoms with Crippen LogP contribution in [0.4, 0.5) is 0 Å². The van der Waals surface area contributed by atoms with E-state index < -0.39 is 0 Å². The van der Waals surface area contributed by atoms with Crippen molar-refractivity contribution in [3.05, 3.63) is 41.7 Å². The summed E-state index contributed by atoms with van der Waals surface area (Å²) in [6.45, 7) is 5.50. The molecule has 0 saturated carbocycles. The molecule has 21 heavy (non-hydrogen) atoms. The number of amides is 1. The smallest absolute Gasteiger partial charge is 0.274 e. The van der Waals surface area contributed by atoms with Gasteiger partial charge in [0.05, 0.1) is 17.9 Å². The first-order chi connectivity index (χ1) is 10.1. The van der Waals surface area contributed by atoms with Crippen LogP contribution in [0.5, 0.6) is 0 Å². The molecule has 1 amide bonds. The number of likely N-dealkylation sites (tertiary alicyclic amines) is 1. The van der Waals surface area contributed by atoms with E-state index in [9.17, 15) is 4.79 Å². The van der Waals surface area contributed by atoms with Crippen molar-refractivity contribution in [2.75, 3.05) is 13.1 Å². The maximum Gasteiger partial charge on any atom is 0.274 e. The van der Waals surface area contributed by atoms with Gasteiger partial charge in [-0.1, -0.05) is 0 Å². The lowest BCUT2D eigenvalue weighted by Crippen LogP contribution is -2.41. The molecule has 0 unspecified atom stereocenters. The lowest BCUT2D eigenvalue weighted by molar-refractivity contribution is 0.0665. The third-order valence-corrected chi connectivity index (χ3v) is 3.86. The van der Waals surface area contributed by atoms with Crippen molar-refractivity contribution >= 4 is 5.91 Å². The number of hydrogen-bond acceptors (Lipinski definition) is 4. The fourth-order valence-corrected chi connectivity index (χ4v) is 2.93. The molecule has 110 valence electrons. The lowest BCUT2D eigenvalue weighted by atomic mass is 10.1. The minimum absolute atomic E-state index is 0.0469. The van der Waals surface area contributed by atoms with Gasteiger partial charge in [0.25, 0.3) is 5.91 Å². The van der Waals surface area contributed by atoms with Crippen LogP contribution in [0.3, 0.4) is 0 Å². The summed E-state index contributed by atoms with van der Waals surface area (Å²) in [5, 5.41) is 4.55. The zero-order valence-electron chi connectivity index (χ0n) is 12.4. The first-order valence-electron chi connectivity index (χ1n) is 7.23. The number of carbonyl (C=O) groups is 1. The van der Waals surface area contributed by atoms with E-state index in [1.807, 2.05) is 16.5 Å². The van der Waals surface area contributed by atoms with Crippen molar-refractivity contribution in [1.82, 2.24) is 24.6 Å². The van der Waals surface area contributed by atoms with E-state index in [0.717, 1.165) is 30.8 Å². The van der Waals surface area contributed by atoms with Gasteiger partial charge in [0.2, 0.25) is 0 Å². The van der Waals surface area contributed by atoms with Gasteiger partial charge in [-0.3, -0.25) is 14.5 Å². The Balaban J connectivity index is 1.77. The van der Waals surface area contributed by atoms with E-state index in [1.165, 1.54) is 6.20 Å². The molecule has 0 radical (unpaired) electrons. The maximum absolute atomic E-state index is 12.5. The van der Waals surface area contributed by atoms with Crippen LogP contribution >= 0.6 is 0 Å². The quantitative estimate of drug-likeness (QED) is 0.843. The third-order valence-electron chi connectivity index (χ3n) is 3.86. The molecule has 6 nitrogen and oxygen atoms in total. The maximum atomic E-state index is 12.5. The van der Waals surface area contributed by atoms with Crippen molar-refractivity contribution in [2.45, 2.75) is 32.7 Å². The summed E-state index contributed by atoms with van der Waals surface area (Å²) in [7, 11) is 0. The van der Waals surface area contributed by atoms with Crippen molar-refractivity contribution in [1.29, 1.82) is 0 Å². The van der Waals surface area contributed by atoms with Crippen LogP contribution < -0.4 is 0 Å². The minimum atomic E-state index is -0.0469. The first-order valence-corrected chi connectivity index (χ1v) is 7.23. The topological polar surface area (TPSA) is 63.9 Å². The SMILES string of the molecule is Cc1cc(C)n([C@@H]2CCCN(C(=O)c3cnccn3)C2)n1. The summed E-state index contributed by atoms with van der Waals surface area (Å²) in [4.78, 5) is 22.4. The zero-order valence-corrected chi connectivity index (χ0v) is 12.4. The van der Waals surface area contributed by atoms with E-state index in [-0.39, 0.29) is 11.9 Å². The number of aryl methyl sites for hydroxylation is 2. The van der Waals surface area contributed by atoms with E-state index in [2.05, 4.69) is 28.1 Å². The molecule has 3 rings (SSSR count). The van der Waals surface area contributed by atoms with E-state index >= 15 is 0 Å². The molecule has 1 saturated heterocycles. The van der Waals surface area contributed by atoms with Gasteiger partial charge in [-0.15, -0.1) is 0 Å². The Labute approximate surface area is 123 Å². The van der Waals surface area contributed by atoms with Crippen molar-refractivity contribution < 1.29 is 4.79 Å². The highest BCUT2D eigenvalue weighted by Gasteiger charge is 2.27. The average Bonchev–Trinajstić information content (AvgIpc) is 2.86. The van der Waals surface area contributed by atoms with Crippen molar-refractivity contribution in [3.8, 4) is 0 Å². The largest absolute Gasteiger partial charge is 0.335 e. The molecule has 1 atom stereocenters. The Hall–Kier alpha value is -2.24. The predicted octanol–water partition coefficient (Wildman–Crippen LogP) is 1.77. The summed E-state index contributed by atoms with van der Waals surface area (Å²) in [6, 6.07) is 2.32. The fraction of sp³-hybridized carbons (Fsp3) is 0.467. The van der Waals surface area contributed by atoms with Crippen LogP contribution in [-0.2, 0) is 0 Å². The predicted molar refractivity (Wildman–Crippen MR) is 77.9 cm³/mol. The van der Waals surface area contributed by atoms with Gasteiger partial charge < -0.3 is 4.90 Å². The van der Waals surface area contributed by atoms with Crippen LogP contribution in [0.2, 0.25) is 0 Å². The summed E-state index contributed by atoms with van der Waals surface area (Å²) >= 11 is 0. The highest BCUT2D eigenvalue weighted by molar-refractivity contribution is 5.92. The van der Waals surface area contributed by atoms with Crippen LogP contribution in [0.15, 0.2) is 24.7 Å². The highest BCUT2D eigenvalue weighted by Crippen LogP contribution is 2.23. The molecule has 1 aliphatic rings. The Morgan fingerprint density at radius 3 is 2.86 bits per heavy atom. The van der Waals surface area contributed by atoms with Gasteiger partial charge in [0.15, 0.2) is 0 Å². The van der Waals surface area contributed by atoms with Gasteiger partial charge in [-0.05, 0) is 32.8 Å². The molecule has 0 spiro atoms. The second-order valence-electron chi connectivity index (χ2n) is 5.51. The Kier molecular flexibility index (Phi) is 3.68. The van der Waals surface area contributed by atoms with Gasteiger partial charge >= 0.3 is 0 Å². The van der Waals surface area contributed by atoms with E-state index in [0.29, 0.717) is 12.2 Å². The van der Waals surface area contributed by atoms with Gasteiger partial charge in [-0.25, -0.2) is 4.98 Å². The molecule has 1 aliphatic heterocycles. The first kappa shape index (κ1) is 13.7. The number of piperidine rings is 1. The van der Waals surface area contributed by atoms with Crippen LogP contribution in [0.1, 0.15) is 40.8 Å². The molecular weight excluding hydrogens is 266 g/mol. The number of rotatable bonds is 2.